The van der Waals surface area contributed by atoms with Crippen molar-refractivity contribution in [3.05, 3.63) is 29.3 Å². The van der Waals surface area contributed by atoms with Gasteiger partial charge in [-0.05, 0) is 39.0 Å². The maximum atomic E-state index is 11.3. The van der Waals surface area contributed by atoms with Crippen LogP contribution in [0.25, 0.3) is 0 Å². The van der Waals surface area contributed by atoms with Gasteiger partial charge in [0.05, 0.1) is 6.04 Å². The third-order valence-electron chi connectivity index (χ3n) is 3.20. The molecule has 1 aliphatic heterocycles. The minimum Gasteiger partial charge on any atom is -0.759 e. The first kappa shape index (κ1) is 18.5. The highest BCUT2D eigenvalue weighted by molar-refractivity contribution is 7.79. The second kappa shape index (κ2) is 6.31. The van der Waals surface area contributed by atoms with Gasteiger partial charge in [-0.15, -0.1) is 0 Å². The van der Waals surface area contributed by atoms with E-state index in [2.05, 4.69) is 0 Å². The monoisotopic (exact) mass is 331 g/mol. The first-order valence-corrected chi connectivity index (χ1v) is 7.60. The second-order valence-corrected chi connectivity index (χ2v) is 6.21. The molecule has 0 unspecified atom stereocenters. The summed E-state index contributed by atoms with van der Waals surface area (Å²) in [7, 11) is -5.17. The van der Waals surface area contributed by atoms with Crippen LogP contribution in [0.4, 0.5) is 0 Å². The van der Waals surface area contributed by atoms with Crippen LogP contribution in [0.1, 0.15) is 42.7 Å². The molecule has 0 bridgehead atoms. The van der Waals surface area contributed by atoms with E-state index in [1.807, 2.05) is 0 Å². The van der Waals surface area contributed by atoms with Gasteiger partial charge in [0, 0.05) is 21.5 Å². The summed E-state index contributed by atoms with van der Waals surface area (Å²) < 4.78 is 39.8. The molecule has 0 aromatic heterocycles. The van der Waals surface area contributed by atoms with Crippen molar-refractivity contribution in [1.29, 1.82) is 0 Å². The molecule has 2 atom stereocenters. The van der Waals surface area contributed by atoms with Crippen LogP contribution in [-0.4, -0.2) is 40.1 Å². The molecule has 0 saturated carbocycles. The molecule has 1 aromatic rings. The van der Waals surface area contributed by atoms with E-state index in [1.165, 1.54) is 6.92 Å². The van der Waals surface area contributed by atoms with Crippen LogP contribution in [0, 0.1) is 0 Å². The summed E-state index contributed by atoms with van der Waals surface area (Å²) in [5.41, 5.74) is 6.54. The van der Waals surface area contributed by atoms with Gasteiger partial charge in [0.1, 0.15) is 17.5 Å². The van der Waals surface area contributed by atoms with Crippen LogP contribution in [-0.2, 0) is 10.4 Å². The number of rotatable bonds is 1. The number of Topliss-reactive ketones (excluding diaryl/α,β-unsaturated/α-hetero) is 1. The van der Waals surface area contributed by atoms with Crippen molar-refractivity contribution in [3.63, 3.8) is 0 Å². The molecule has 1 aromatic carbocycles. The van der Waals surface area contributed by atoms with Crippen molar-refractivity contribution < 1.29 is 32.2 Å². The molecular weight excluding hydrogens is 314 g/mol. The number of benzene rings is 1. The number of hydrogen-bond acceptors (Lipinski definition) is 8. The van der Waals surface area contributed by atoms with E-state index in [0.29, 0.717) is 16.9 Å². The normalized spacial score (nSPS) is 22.7. The first-order chi connectivity index (χ1) is 9.83. The number of fused-ring (bicyclic) bond motifs is 1. The van der Waals surface area contributed by atoms with Crippen LogP contribution in [0.2, 0.25) is 0 Å². The van der Waals surface area contributed by atoms with Crippen LogP contribution in [0.3, 0.4) is 0 Å². The van der Waals surface area contributed by atoms with E-state index >= 15 is 0 Å². The van der Waals surface area contributed by atoms with Crippen molar-refractivity contribution in [2.45, 2.75) is 38.5 Å². The largest absolute Gasteiger partial charge is 0.759 e. The molecule has 124 valence electrons. The standard InChI is InChI=1S/C13H17NO3.H2O4S/c1-7(15)8-4-5-10-9(6-8)11(14)12(16)13(2,3)17-10;1-5(2,3)4/h4-6,11-12,16H,14H2,1-3H3;(H2,1,2,3,4)/p-2/t11-,12-;/m0./s1. The topological polar surface area (TPSA) is 153 Å². The fourth-order valence-corrected chi connectivity index (χ4v) is 2.07. The Morgan fingerprint density at radius 2 is 1.86 bits per heavy atom. The molecule has 0 saturated heterocycles. The Labute approximate surface area is 128 Å². The van der Waals surface area contributed by atoms with E-state index < -0.39 is 28.1 Å². The van der Waals surface area contributed by atoms with Crippen molar-refractivity contribution in [1.82, 2.24) is 0 Å². The van der Waals surface area contributed by atoms with E-state index in [0.717, 1.165) is 0 Å². The maximum absolute atomic E-state index is 11.3. The van der Waals surface area contributed by atoms with Crippen LogP contribution in [0.5, 0.6) is 5.75 Å². The minimum absolute atomic E-state index is 0.0284. The fraction of sp³-hybridized carbons (Fsp3) is 0.462. The van der Waals surface area contributed by atoms with Gasteiger partial charge in [-0.25, -0.2) is 0 Å². The zero-order valence-electron chi connectivity index (χ0n) is 12.3. The predicted molar refractivity (Wildman–Crippen MR) is 74.6 cm³/mol. The summed E-state index contributed by atoms with van der Waals surface area (Å²) in [6, 6.07) is 4.61. The lowest BCUT2D eigenvalue weighted by Crippen LogP contribution is -2.51. The molecule has 8 nitrogen and oxygen atoms in total. The number of ether oxygens (including phenoxy) is 1. The van der Waals surface area contributed by atoms with Gasteiger partial charge in [0.15, 0.2) is 5.78 Å². The smallest absolute Gasteiger partial charge is 0.159 e. The Morgan fingerprint density at radius 1 is 1.36 bits per heavy atom. The van der Waals surface area contributed by atoms with E-state index in [-0.39, 0.29) is 5.78 Å². The molecule has 9 heteroatoms. The Morgan fingerprint density at radius 3 is 2.32 bits per heavy atom. The number of aliphatic hydroxyl groups excluding tert-OH is 1. The van der Waals surface area contributed by atoms with Gasteiger partial charge in [0.2, 0.25) is 0 Å². The summed E-state index contributed by atoms with van der Waals surface area (Å²) in [6.45, 7) is 5.08. The summed E-state index contributed by atoms with van der Waals surface area (Å²) in [5.74, 6) is 0.608. The number of hydrogen-bond donors (Lipinski definition) is 2. The number of nitrogens with two attached hydrogens (primary N) is 1. The highest BCUT2D eigenvalue weighted by Crippen LogP contribution is 2.38. The Hall–Kier alpha value is -1.52. The zero-order chi connectivity index (χ0) is 17.3. The van der Waals surface area contributed by atoms with Crippen molar-refractivity contribution in [3.8, 4) is 5.75 Å². The van der Waals surface area contributed by atoms with E-state index in [4.69, 9.17) is 28.0 Å². The SMILES string of the molecule is CC(=O)c1ccc2c(c1)[C@H](N)[C@H](O)C(C)(C)O2.O=S(=O)([O-])[O-]. The van der Waals surface area contributed by atoms with Crippen LogP contribution < -0.4 is 10.5 Å². The van der Waals surface area contributed by atoms with Crippen LogP contribution >= 0.6 is 0 Å². The molecule has 0 spiro atoms. The summed E-state index contributed by atoms with van der Waals surface area (Å²) in [4.78, 5) is 11.3. The Balaban J connectivity index is 0.000000422. The van der Waals surface area contributed by atoms with Crippen LogP contribution in [0.15, 0.2) is 18.2 Å². The zero-order valence-corrected chi connectivity index (χ0v) is 13.1. The Bertz CT molecular complexity index is 661. The average Bonchev–Trinajstić information content (AvgIpc) is 2.33. The molecule has 0 aliphatic carbocycles. The lowest BCUT2D eigenvalue weighted by atomic mass is 9.86. The number of ketones is 1. The predicted octanol–water partition coefficient (Wildman–Crippen LogP) is 0.0829. The first-order valence-electron chi connectivity index (χ1n) is 6.27. The number of carbonyl (C=O) groups is 1. The van der Waals surface area contributed by atoms with Crippen molar-refractivity contribution in [2.75, 3.05) is 0 Å². The average molecular weight is 331 g/mol. The molecule has 0 amide bonds. The summed E-state index contributed by atoms with van der Waals surface area (Å²) >= 11 is 0. The molecule has 2 rings (SSSR count). The summed E-state index contributed by atoms with van der Waals surface area (Å²) in [5, 5.41) is 10.0. The second-order valence-electron chi connectivity index (χ2n) is 5.39. The molecule has 3 N–H and O–H groups in total. The molecular formula is C13H17NO7S-2. The Kier molecular flexibility index (Phi) is 5.31. The van der Waals surface area contributed by atoms with E-state index in [9.17, 15) is 9.90 Å². The minimum atomic E-state index is -5.17. The molecule has 1 heterocycles. The van der Waals surface area contributed by atoms with Gasteiger partial charge >= 0.3 is 0 Å². The lowest BCUT2D eigenvalue weighted by molar-refractivity contribution is -0.0571. The third-order valence-corrected chi connectivity index (χ3v) is 3.20. The highest BCUT2D eigenvalue weighted by Gasteiger charge is 2.41. The van der Waals surface area contributed by atoms with E-state index in [1.54, 1.807) is 32.0 Å². The quantitative estimate of drug-likeness (QED) is 0.417. The van der Waals surface area contributed by atoms with Gasteiger partial charge in [-0.1, -0.05) is 0 Å². The maximum Gasteiger partial charge on any atom is 0.159 e. The van der Waals surface area contributed by atoms with Gasteiger partial charge < -0.3 is 24.7 Å². The molecule has 0 radical (unpaired) electrons. The molecule has 0 fully saturated rings. The number of carbonyl (C=O) groups excluding carboxylic acids is 1. The summed E-state index contributed by atoms with van der Waals surface area (Å²) in [6.07, 6.45) is -0.794. The van der Waals surface area contributed by atoms with Crippen molar-refractivity contribution >= 4 is 16.2 Å². The van der Waals surface area contributed by atoms with Gasteiger partial charge in [0.25, 0.3) is 0 Å². The number of aliphatic hydroxyl groups is 1. The molecule has 22 heavy (non-hydrogen) atoms. The molecule has 1 aliphatic rings. The lowest BCUT2D eigenvalue weighted by Gasteiger charge is -2.40. The fourth-order valence-electron chi connectivity index (χ4n) is 2.07. The third kappa shape index (κ3) is 4.75. The van der Waals surface area contributed by atoms with Crippen molar-refractivity contribution in [2.24, 2.45) is 5.73 Å². The van der Waals surface area contributed by atoms with Gasteiger partial charge in [-0.2, -0.15) is 0 Å². The van der Waals surface area contributed by atoms with Gasteiger partial charge in [-0.3, -0.25) is 13.2 Å². The highest BCUT2D eigenvalue weighted by atomic mass is 32.3.